The Morgan fingerprint density at radius 2 is 1.80 bits per heavy atom. The SMILES string of the molecule is CC(=O)c1ccc(N2CCCC2)c(C(=O)N2CCCC[C@@]2(C)c2nc3ncc(F)cc3n2COC(=O)C(C)C)c1. The molecule has 2 aliphatic rings. The number of hydrogen-bond acceptors (Lipinski definition) is 7. The minimum absolute atomic E-state index is 0.106. The van der Waals surface area contributed by atoms with Gasteiger partial charge in [-0.2, -0.15) is 0 Å². The quantitative estimate of drug-likeness (QED) is 0.300. The number of pyridine rings is 1. The smallest absolute Gasteiger partial charge is 0.310 e. The first-order chi connectivity index (χ1) is 19.1. The first-order valence-corrected chi connectivity index (χ1v) is 14.0. The number of benzene rings is 1. The van der Waals surface area contributed by atoms with Gasteiger partial charge in [-0.05, 0) is 64.2 Å². The van der Waals surface area contributed by atoms with Crippen molar-refractivity contribution in [2.24, 2.45) is 5.92 Å². The molecule has 2 fully saturated rings. The van der Waals surface area contributed by atoms with Gasteiger partial charge in [0.25, 0.3) is 5.91 Å². The van der Waals surface area contributed by atoms with Crippen molar-refractivity contribution in [2.45, 2.75) is 72.1 Å². The fraction of sp³-hybridized carbons (Fsp3) is 0.500. The first-order valence-electron chi connectivity index (χ1n) is 14.0. The second kappa shape index (κ2) is 11.0. The Labute approximate surface area is 233 Å². The van der Waals surface area contributed by atoms with Gasteiger partial charge in [-0.25, -0.2) is 14.4 Å². The summed E-state index contributed by atoms with van der Waals surface area (Å²) in [5, 5.41) is 0. The number of ketones is 1. The molecule has 2 aliphatic heterocycles. The number of anilines is 1. The third-order valence-electron chi connectivity index (χ3n) is 8.08. The van der Waals surface area contributed by atoms with Crippen LogP contribution in [0.2, 0.25) is 0 Å². The fourth-order valence-electron chi connectivity index (χ4n) is 5.80. The van der Waals surface area contributed by atoms with Gasteiger partial charge >= 0.3 is 5.97 Å². The van der Waals surface area contributed by atoms with E-state index in [-0.39, 0.29) is 24.3 Å². The van der Waals surface area contributed by atoms with Gasteiger partial charge in [0.15, 0.2) is 18.2 Å². The van der Waals surface area contributed by atoms with E-state index in [0.29, 0.717) is 41.1 Å². The summed E-state index contributed by atoms with van der Waals surface area (Å²) in [6.45, 7) is 8.94. The molecule has 0 saturated carbocycles. The van der Waals surface area contributed by atoms with Crippen molar-refractivity contribution in [3.63, 3.8) is 0 Å². The number of halogens is 1. The molecule has 9 nitrogen and oxygen atoms in total. The topological polar surface area (TPSA) is 97.6 Å². The van der Waals surface area contributed by atoms with Crippen LogP contribution in [0.4, 0.5) is 10.1 Å². The molecule has 2 saturated heterocycles. The summed E-state index contributed by atoms with van der Waals surface area (Å²) in [7, 11) is 0. The van der Waals surface area contributed by atoms with Crippen LogP contribution in [-0.4, -0.2) is 56.7 Å². The van der Waals surface area contributed by atoms with E-state index in [1.54, 1.807) is 30.5 Å². The minimum atomic E-state index is -0.898. The lowest BCUT2D eigenvalue weighted by atomic mass is 9.86. The summed E-state index contributed by atoms with van der Waals surface area (Å²) in [6, 6.07) is 6.69. The Balaban J connectivity index is 1.61. The zero-order valence-corrected chi connectivity index (χ0v) is 23.6. The number of aromatic nitrogens is 3. The minimum Gasteiger partial charge on any atom is -0.444 e. The molecule has 0 N–H and O–H groups in total. The molecular formula is C30H36FN5O4. The number of carbonyl (C=O) groups is 3. The highest BCUT2D eigenvalue weighted by atomic mass is 19.1. The normalized spacial score (nSPS) is 19.4. The van der Waals surface area contributed by atoms with Crippen molar-refractivity contribution in [3.05, 3.63) is 53.2 Å². The number of imidazole rings is 1. The maximum absolute atomic E-state index is 14.5. The second-order valence-corrected chi connectivity index (χ2v) is 11.3. The standard InChI is InChI=1S/C30H36FN5O4/c1-19(2)28(39)40-18-35-25-16-22(31)17-32-26(25)33-29(35)30(4)11-5-6-14-36(30)27(38)23-15-21(20(3)37)9-10-24(23)34-12-7-8-13-34/h9-10,15-17,19H,5-8,11-14,18H2,1-4H3/t30-/m0/s1. The molecule has 4 heterocycles. The van der Waals surface area contributed by atoms with E-state index in [1.165, 1.54) is 13.0 Å². The number of hydrogen-bond donors (Lipinski definition) is 0. The van der Waals surface area contributed by atoms with E-state index < -0.39 is 17.3 Å². The predicted octanol–water partition coefficient (Wildman–Crippen LogP) is 5.07. The van der Waals surface area contributed by atoms with Crippen LogP contribution in [0, 0.1) is 11.7 Å². The van der Waals surface area contributed by atoms with Gasteiger partial charge < -0.3 is 14.5 Å². The average molecular weight is 550 g/mol. The average Bonchev–Trinajstić information content (AvgIpc) is 3.60. The summed E-state index contributed by atoms with van der Waals surface area (Å²) in [4.78, 5) is 52.1. The van der Waals surface area contributed by atoms with Crippen LogP contribution < -0.4 is 4.90 Å². The molecule has 3 aromatic rings. The molecule has 10 heteroatoms. The van der Waals surface area contributed by atoms with Crippen LogP contribution in [-0.2, 0) is 21.8 Å². The molecule has 0 unspecified atom stereocenters. The van der Waals surface area contributed by atoms with E-state index in [0.717, 1.165) is 50.7 Å². The number of piperidine rings is 1. The Hall–Kier alpha value is -3.82. The number of likely N-dealkylation sites (tertiary alicyclic amines) is 1. The van der Waals surface area contributed by atoms with E-state index >= 15 is 0 Å². The largest absolute Gasteiger partial charge is 0.444 e. The van der Waals surface area contributed by atoms with Crippen molar-refractivity contribution in [1.29, 1.82) is 0 Å². The molecule has 1 atom stereocenters. The maximum Gasteiger partial charge on any atom is 0.310 e. The van der Waals surface area contributed by atoms with Crippen molar-refractivity contribution >= 4 is 34.5 Å². The molecule has 5 rings (SSSR count). The van der Waals surface area contributed by atoms with Crippen LogP contribution in [0.3, 0.4) is 0 Å². The maximum atomic E-state index is 14.5. The van der Waals surface area contributed by atoms with Crippen molar-refractivity contribution < 1.29 is 23.5 Å². The fourth-order valence-corrected chi connectivity index (χ4v) is 5.80. The summed E-state index contributed by atoms with van der Waals surface area (Å²) in [6.07, 6.45) is 5.46. The van der Waals surface area contributed by atoms with Gasteiger partial charge in [-0.1, -0.05) is 13.8 Å². The Morgan fingerprint density at radius 1 is 1.07 bits per heavy atom. The number of amides is 1. The lowest BCUT2D eigenvalue weighted by Crippen LogP contribution is -2.52. The lowest BCUT2D eigenvalue weighted by Gasteiger charge is -2.44. The summed E-state index contributed by atoms with van der Waals surface area (Å²) >= 11 is 0. The number of fused-ring (bicyclic) bond motifs is 1. The highest BCUT2D eigenvalue weighted by molar-refractivity contribution is 6.04. The van der Waals surface area contributed by atoms with Crippen LogP contribution >= 0.6 is 0 Å². The Morgan fingerprint density at radius 3 is 2.50 bits per heavy atom. The van der Waals surface area contributed by atoms with Gasteiger partial charge in [0.05, 0.1) is 28.7 Å². The van der Waals surface area contributed by atoms with Crippen molar-refractivity contribution in [1.82, 2.24) is 19.4 Å². The van der Waals surface area contributed by atoms with E-state index in [2.05, 4.69) is 9.88 Å². The molecule has 212 valence electrons. The second-order valence-electron chi connectivity index (χ2n) is 11.3. The molecule has 0 bridgehead atoms. The van der Waals surface area contributed by atoms with Gasteiger partial charge in [0.1, 0.15) is 11.6 Å². The number of nitrogens with zero attached hydrogens (tertiary/aromatic N) is 5. The Bertz CT molecular complexity index is 1460. The van der Waals surface area contributed by atoms with Crippen molar-refractivity contribution in [3.8, 4) is 0 Å². The first kappa shape index (κ1) is 27.7. The van der Waals surface area contributed by atoms with Gasteiger partial charge in [-0.15, -0.1) is 0 Å². The molecule has 2 aromatic heterocycles. The zero-order valence-electron chi connectivity index (χ0n) is 23.6. The molecule has 40 heavy (non-hydrogen) atoms. The summed E-state index contributed by atoms with van der Waals surface area (Å²) in [5.41, 5.74) is 1.60. The monoisotopic (exact) mass is 549 g/mol. The third kappa shape index (κ3) is 5.07. The third-order valence-corrected chi connectivity index (χ3v) is 8.08. The number of Topliss-reactive ketones (excluding diaryl/α,β-unsaturated/α-hetero) is 1. The molecule has 1 aromatic carbocycles. The number of carbonyl (C=O) groups excluding carboxylic acids is 3. The predicted molar refractivity (Wildman–Crippen MR) is 149 cm³/mol. The number of esters is 1. The highest BCUT2D eigenvalue weighted by Gasteiger charge is 2.44. The molecule has 1 amide bonds. The number of ether oxygens (including phenoxy) is 1. The van der Waals surface area contributed by atoms with E-state index in [9.17, 15) is 18.8 Å². The summed E-state index contributed by atoms with van der Waals surface area (Å²) < 4.78 is 21.5. The van der Waals surface area contributed by atoms with Crippen LogP contribution in [0.1, 0.15) is 86.3 Å². The molecule has 0 radical (unpaired) electrons. The van der Waals surface area contributed by atoms with Crippen LogP contribution in [0.5, 0.6) is 0 Å². The summed E-state index contributed by atoms with van der Waals surface area (Å²) in [5.74, 6) is -1.08. The highest BCUT2D eigenvalue weighted by Crippen LogP contribution is 2.40. The van der Waals surface area contributed by atoms with Crippen molar-refractivity contribution in [2.75, 3.05) is 24.5 Å². The molecule has 0 aliphatic carbocycles. The van der Waals surface area contributed by atoms with Crippen LogP contribution in [0.15, 0.2) is 30.5 Å². The Kier molecular flexibility index (Phi) is 7.61. The van der Waals surface area contributed by atoms with Gasteiger partial charge in [-0.3, -0.25) is 19.0 Å². The van der Waals surface area contributed by atoms with Gasteiger partial charge in [0.2, 0.25) is 0 Å². The number of rotatable bonds is 7. The van der Waals surface area contributed by atoms with E-state index in [1.807, 2.05) is 17.9 Å². The van der Waals surface area contributed by atoms with E-state index in [4.69, 9.17) is 9.72 Å². The zero-order chi connectivity index (χ0) is 28.6. The molecular weight excluding hydrogens is 513 g/mol. The molecule has 0 spiro atoms. The van der Waals surface area contributed by atoms with Gasteiger partial charge in [0, 0.05) is 37.0 Å². The van der Waals surface area contributed by atoms with Crippen LogP contribution in [0.25, 0.3) is 11.2 Å². The lowest BCUT2D eigenvalue weighted by molar-refractivity contribution is -0.151.